The average Bonchev–Trinajstić information content (AvgIpc) is 2.47. The van der Waals surface area contributed by atoms with Gasteiger partial charge in [0.15, 0.2) is 9.84 Å². The first-order chi connectivity index (χ1) is 10.6. The molecule has 3 nitrogen and oxygen atoms in total. The Kier molecular flexibility index (Phi) is 4.57. The highest BCUT2D eigenvalue weighted by molar-refractivity contribution is 7.93. The maximum Gasteiger partial charge on any atom is 0.159 e. The molecule has 0 spiro atoms. The maximum atomic E-state index is 12.3. The van der Waals surface area contributed by atoms with Gasteiger partial charge in [-0.2, -0.15) is 0 Å². The van der Waals surface area contributed by atoms with Crippen molar-refractivity contribution in [3.05, 3.63) is 35.9 Å². The molecule has 0 radical (unpaired) electrons. The number of allylic oxidation sites excluding steroid dienone is 1. The molecule has 0 aliphatic carbocycles. The van der Waals surface area contributed by atoms with E-state index in [0.717, 1.165) is 50.0 Å². The first-order valence-corrected chi connectivity index (χ1v) is 9.89. The van der Waals surface area contributed by atoms with Crippen molar-refractivity contribution >= 4 is 15.4 Å². The molecule has 2 aliphatic heterocycles. The first-order valence-electron chi connectivity index (χ1n) is 8.28. The Morgan fingerprint density at radius 2 is 1.95 bits per heavy atom. The standard InChI is InChI=1S/C18H24O3S/c1-2-3-11-21-16-9-7-14(8-10-16)15-12-17-5-4-6-18(13-15)22(17,19)20/h7-10,12,17-18H,2-6,11,13H2,1H3. The summed E-state index contributed by atoms with van der Waals surface area (Å²) in [5, 5.41) is -0.442. The summed E-state index contributed by atoms with van der Waals surface area (Å²) < 4.78 is 30.3. The van der Waals surface area contributed by atoms with Crippen LogP contribution in [0.3, 0.4) is 0 Å². The number of fused-ring (bicyclic) bond motifs is 2. The second kappa shape index (κ2) is 6.45. The molecule has 2 aliphatic rings. The quantitative estimate of drug-likeness (QED) is 0.771. The molecule has 2 unspecified atom stereocenters. The van der Waals surface area contributed by atoms with Gasteiger partial charge in [0.2, 0.25) is 0 Å². The fourth-order valence-electron chi connectivity index (χ4n) is 3.37. The van der Waals surface area contributed by atoms with E-state index in [1.54, 1.807) is 0 Å². The van der Waals surface area contributed by atoms with Crippen molar-refractivity contribution in [2.24, 2.45) is 0 Å². The summed E-state index contributed by atoms with van der Waals surface area (Å²) in [7, 11) is -2.93. The van der Waals surface area contributed by atoms with Crippen LogP contribution in [0.4, 0.5) is 0 Å². The summed E-state index contributed by atoms with van der Waals surface area (Å²) >= 11 is 0. The molecule has 120 valence electrons. The number of unbranched alkanes of at least 4 members (excludes halogenated alkanes) is 1. The second-order valence-electron chi connectivity index (χ2n) is 6.30. The number of rotatable bonds is 5. The van der Waals surface area contributed by atoms with Crippen LogP contribution >= 0.6 is 0 Å². The van der Waals surface area contributed by atoms with E-state index in [9.17, 15) is 8.42 Å². The number of sulfone groups is 1. The molecule has 2 atom stereocenters. The van der Waals surface area contributed by atoms with Gasteiger partial charge in [-0.05, 0) is 49.0 Å². The summed E-state index contributed by atoms with van der Waals surface area (Å²) in [5.74, 6) is 0.890. The zero-order valence-corrected chi connectivity index (χ0v) is 13.9. The van der Waals surface area contributed by atoms with Crippen LogP contribution in [-0.2, 0) is 9.84 Å². The fourth-order valence-corrected chi connectivity index (χ4v) is 5.62. The van der Waals surface area contributed by atoms with E-state index < -0.39 is 9.84 Å². The monoisotopic (exact) mass is 320 g/mol. The van der Waals surface area contributed by atoms with E-state index >= 15 is 0 Å². The van der Waals surface area contributed by atoms with Crippen LogP contribution < -0.4 is 4.74 Å². The van der Waals surface area contributed by atoms with Gasteiger partial charge in [0, 0.05) is 0 Å². The highest BCUT2D eigenvalue weighted by atomic mass is 32.2. The second-order valence-corrected chi connectivity index (χ2v) is 8.75. The van der Waals surface area contributed by atoms with Crippen molar-refractivity contribution in [3.8, 4) is 5.75 Å². The van der Waals surface area contributed by atoms with Gasteiger partial charge in [0.25, 0.3) is 0 Å². The molecular formula is C18H24O3S. The molecule has 1 saturated heterocycles. The van der Waals surface area contributed by atoms with Gasteiger partial charge in [-0.25, -0.2) is 8.42 Å². The number of hydrogen-bond donors (Lipinski definition) is 0. The Morgan fingerprint density at radius 3 is 2.64 bits per heavy atom. The van der Waals surface area contributed by atoms with Crippen molar-refractivity contribution in [3.63, 3.8) is 0 Å². The third-order valence-corrected chi connectivity index (χ3v) is 7.28. The van der Waals surface area contributed by atoms with Crippen LogP contribution in [0, 0.1) is 0 Å². The number of hydrogen-bond acceptors (Lipinski definition) is 3. The normalized spacial score (nSPS) is 26.3. The van der Waals surface area contributed by atoms with Gasteiger partial charge in [0.05, 0.1) is 17.1 Å². The zero-order chi connectivity index (χ0) is 15.6. The molecule has 2 heterocycles. The Morgan fingerprint density at radius 1 is 1.18 bits per heavy atom. The van der Waals surface area contributed by atoms with Crippen LogP contribution in [0.2, 0.25) is 0 Å². The summed E-state index contributed by atoms with van der Waals surface area (Å²) in [6.07, 6.45) is 7.46. The Hall–Kier alpha value is -1.29. The minimum absolute atomic E-state index is 0.174. The third kappa shape index (κ3) is 3.07. The van der Waals surface area contributed by atoms with Gasteiger partial charge >= 0.3 is 0 Å². The van der Waals surface area contributed by atoms with E-state index in [1.165, 1.54) is 5.57 Å². The lowest BCUT2D eigenvalue weighted by molar-refractivity contribution is 0.309. The van der Waals surface area contributed by atoms with Crippen LogP contribution in [0.5, 0.6) is 5.75 Å². The van der Waals surface area contributed by atoms with E-state index in [2.05, 4.69) is 19.1 Å². The molecule has 0 saturated carbocycles. The summed E-state index contributed by atoms with van der Waals surface area (Å²) in [4.78, 5) is 0. The van der Waals surface area contributed by atoms with Gasteiger partial charge in [-0.1, -0.05) is 38.0 Å². The van der Waals surface area contributed by atoms with Gasteiger partial charge < -0.3 is 4.74 Å². The Balaban J connectivity index is 1.76. The Labute approximate surface area is 133 Å². The van der Waals surface area contributed by atoms with Crippen molar-refractivity contribution < 1.29 is 13.2 Å². The van der Waals surface area contributed by atoms with E-state index in [0.29, 0.717) is 6.42 Å². The van der Waals surface area contributed by atoms with Crippen molar-refractivity contribution in [2.45, 2.75) is 55.9 Å². The fraction of sp³-hybridized carbons (Fsp3) is 0.556. The van der Waals surface area contributed by atoms with Crippen molar-refractivity contribution in [2.75, 3.05) is 6.61 Å². The van der Waals surface area contributed by atoms with Crippen LogP contribution in [0.25, 0.3) is 5.57 Å². The Bertz CT molecular complexity index is 643. The molecule has 0 N–H and O–H groups in total. The topological polar surface area (TPSA) is 43.4 Å². The molecule has 1 aromatic carbocycles. The van der Waals surface area contributed by atoms with E-state index in [4.69, 9.17) is 4.74 Å². The average molecular weight is 320 g/mol. The lowest BCUT2D eigenvalue weighted by Crippen LogP contribution is -2.38. The summed E-state index contributed by atoms with van der Waals surface area (Å²) in [6.45, 7) is 2.90. The lowest BCUT2D eigenvalue weighted by Gasteiger charge is -2.33. The smallest absolute Gasteiger partial charge is 0.159 e. The minimum Gasteiger partial charge on any atom is -0.494 e. The summed E-state index contributed by atoms with van der Waals surface area (Å²) in [6, 6.07) is 8.09. The van der Waals surface area contributed by atoms with Crippen LogP contribution in [-0.4, -0.2) is 25.5 Å². The summed E-state index contributed by atoms with van der Waals surface area (Å²) in [5.41, 5.74) is 2.32. The molecule has 0 amide bonds. The SMILES string of the molecule is CCCCOc1ccc(C2=CC3CCCC(C2)S3(=O)=O)cc1. The zero-order valence-electron chi connectivity index (χ0n) is 13.1. The highest BCUT2D eigenvalue weighted by Crippen LogP contribution is 2.39. The van der Waals surface area contributed by atoms with Crippen molar-refractivity contribution in [1.29, 1.82) is 0 Å². The molecule has 0 aromatic heterocycles. The molecular weight excluding hydrogens is 296 g/mol. The van der Waals surface area contributed by atoms with Crippen molar-refractivity contribution in [1.82, 2.24) is 0 Å². The first kappa shape index (κ1) is 15.6. The molecule has 22 heavy (non-hydrogen) atoms. The van der Waals surface area contributed by atoms with Gasteiger partial charge in [0.1, 0.15) is 5.75 Å². The molecule has 1 fully saturated rings. The molecule has 2 bridgehead atoms. The van der Waals surface area contributed by atoms with E-state index in [1.807, 2.05) is 18.2 Å². The molecule has 3 rings (SSSR count). The highest BCUT2D eigenvalue weighted by Gasteiger charge is 2.40. The number of benzene rings is 1. The molecule has 1 aromatic rings. The van der Waals surface area contributed by atoms with Crippen LogP contribution in [0.1, 0.15) is 51.0 Å². The minimum atomic E-state index is -2.93. The third-order valence-electron chi connectivity index (χ3n) is 4.73. The maximum absolute atomic E-state index is 12.3. The number of ether oxygens (including phenoxy) is 1. The predicted molar refractivity (Wildman–Crippen MR) is 89.8 cm³/mol. The largest absolute Gasteiger partial charge is 0.494 e. The van der Waals surface area contributed by atoms with Gasteiger partial charge in [-0.3, -0.25) is 0 Å². The lowest BCUT2D eigenvalue weighted by atomic mass is 9.93. The molecule has 4 heteroatoms. The predicted octanol–water partition coefficient (Wildman–Crippen LogP) is 3.99. The van der Waals surface area contributed by atoms with Crippen LogP contribution in [0.15, 0.2) is 30.3 Å². The van der Waals surface area contributed by atoms with E-state index in [-0.39, 0.29) is 10.5 Å². The van der Waals surface area contributed by atoms with Gasteiger partial charge in [-0.15, -0.1) is 0 Å².